The summed E-state index contributed by atoms with van der Waals surface area (Å²) in [6.07, 6.45) is 0. The third kappa shape index (κ3) is 6.11. The van der Waals surface area contributed by atoms with Crippen LogP contribution in [0.2, 0.25) is 0 Å². The number of nitrogens with zero attached hydrogens (tertiary/aromatic N) is 3. The van der Waals surface area contributed by atoms with Gasteiger partial charge < -0.3 is 0 Å². The van der Waals surface area contributed by atoms with Crippen LogP contribution in [0.1, 0.15) is 50.1 Å². The lowest BCUT2D eigenvalue weighted by atomic mass is 10.1. The molecule has 1 fully saturated rings. The monoisotopic (exact) mass is 441 g/mol. The predicted molar refractivity (Wildman–Crippen MR) is 139 cm³/mol. The zero-order valence-corrected chi connectivity index (χ0v) is 21.3. The van der Waals surface area contributed by atoms with E-state index in [0.717, 1.165) is 39.6 Å². The lowest BCUT2D eigenvalue weighted by Gasteiger charge is -2.42. The second-order valence-electron chi connectivity index (χ2n) is 10.2. The molecule has 0 unspecified atom stereocenters. The van der Waals surface area contributed by atoms with E-state index in [1.165, 1.54) is 50.1 Å². The van der Waals surface area contributed by atoms with E-state index >= 15 is 0 Å². The molecule has 0 bridgehead atoms. The van der Waals surface area contributed by atoms with E-state index in [2.05, 4.69) is 111 Å². The lowest BCUT2D eigenvalue weighted by Crippen LogP contribution is -2.53. The topological polar surface area (TPSA) is 9.72 Å². The molecule has 1 heterocycles. The largest absolute Gasteiger partial charge is 0.273 e. The fourth-order valence-corrected chi connectivity index (χ4v) is 4.76. The van der Waals surface area contributed by atoms with Crippen molar-refractivity contribution in [3.63, 3.8) is 0 Å². The Morgan fingerprint density at radius 3 is 0.939 bits per heavy atom. The Hall–Kier alpha value is -2.46. The van der Waals surface area contributed by atoms with Crippen LogP contribution in [0, 0.1) is 41.5 Å². The summed E-state index contributed by atoms with van der Waals surface area (Å²) in [7, 11) is 0. The van der Waals surface area contributed by atoms with E-state index in [9.17, 15) is 0 Å². The molecule has 0 radical (unpaired) electrons. The Morgan fingerprint density at radius 2 is 0.697 bits per heavy atom. The van der Waals surface area contributed by atoms with Crippen LogP contribution in [0.4, 0.5) is 0 Å². The molecule has 0 atom stereocenters. The average molecular weight is 442 g/mol. The highest BCUT2D eigenvalue weighted by atomic mass is 15.5. The smallest absolute Gasteiger partial charge is 0.0537 e. The summed E-state index contributed by atoms with van der Waals surface area (Å²) in [6, 6.07) is 20.7. The van der Waals surface area contributed by atoms with Crippen LogP contribution in [-0.4, -0.2) is 34.7 Å². The standard InChI is InChI=1S/C30H39N3/c1-22-7-10-28(13-25(22)4)16-31-19-32(17-29-11-8-23(2)26(5)14-29)21-33(20-31)18-30-12-9-24(3)27(6)15-30/h7-15H,16-21H2,1-6H3. The summed E-state index contributed by atoms with van der Waals surface area (Å²) in [5.41, 5.74) is 12.4. The van der Waals surface area contributed by atoms with E-state index in [0.29, 0.717) is 0 Å². The maximum Gasteiger partial charge on any atom is 0.0537 e. The molecular weight excluding hydrogens is 402 g/mol. The number of hydrogen-bond donors (Lipinski definition) is 0. The Kier molecular flexibility index (Phi) is 7.33. The van der Waals surface area contributed by atoms with Crippen molar-refractivity contribution in [3.05, 3.63) is 105 Å². The summed E-state index contributed by atoms with van der Waals surface area (Å²) in [4.78, 5) is 7.74. The fraction of sp³-hybridized carbons (Fsp3) is 0.400. The summed E-state index contributed by atoms with van der Waals surface area (Å²) in [5.74, 6) is 0. The molecule has 4 rings (SSSR count). The second kappa shape index (κ2) is 10.2. The fourth-order valence-electron chi connectivity index (χ4n) is 4.76. The Morgan fingerprint density at radius 1 is 0.424 bits per heavy atom. The van der Waals surface area contributed by atoms with Crippen molar-refractivity contribution in [2.24, 2.45) is 0 Å². The first kappa shape index (κ1) is 23.7. The first-order valence-corrected chi connectivity index (χ1v) is 12.1. The molecule has 0 amide bonds. The molecule has 1 aliphatic heterocycles. The summed E-state index contributed by atoms with van der Waals surface area (Å²) < 4.78 is 0. The molecule has 3 heteroatoms. The van der Waals surface area contributed by atoms with E-state index in [1.54, 1.807) is 0 Å². The van der Waals surface area contributed by atoms with Gasteiger partial charge in [-0.25, -0.2) is 0 Å². The molecule has 174 valence electrons. The van der Waals surface area contributed by atoms with Gasteiger partial charge in [-0.2, -0.15) is 0 Å². The zero-order chi connectivity index (χ0) is 23.5. The van der Waals surface area contributed by atoms with Gasteiger partial charge in [-0.1, -0.05) is 54.6 Å². The normalized spacial score (nSPS) is 15.8. The van der Waals surface area contributed by atoms with Gasteiger partial charge in [0.05, 0.1) is 20.0 Å². The van der Waals surface area contributed by atoms with Gasteiger partial charge in [0.25, 0.3) is 0 Å². The maximum absolute atomic E-state index is 2.58. The molecule has 0 N–H and O–H groups in total. The Balaban J connectivity index is 1.52. The van der Waals surface area contributed by atoms with Crippen molar-refractivity contribution in [2.45, 2.75) is 61.2 Å². The SMILES string of the molecule is Cc1ccc(CN2CN(Cc3ccc(C)c(C)c3)CN(Cc3ccc(C)c(C)c3)C2)cc1C. The van der Waals surface area contributed by atoms with E-state index in [-0.39, 0.29) is 0 Å². The second-order valence-corrected chi connectivity index (χ2v) is 10.2. The van der Waals surface area contributed by atoms with Crippen molar-refractivity contribution in [2.75, 3.05) is 20.0 Å². The van der Waals surface area contributed by atoms with Crippen LogP contribution in [0.3, 0.4) is 0 Å². The molecule has 33 heavy (non-hydrogen) atoms. The Bertz CT molecular complexity index is 970. The van der Waals surface area contributed by atoms with Crippen molar-refractivity contribution in [1.82, 2.24) is 14.7 Å². The van der Waals surface area contributed by atoms with Crippen molar-refractivity contribution in [3.8, 4) is 0 Å². The lowest BCUT2D eigenvalue weighted by molar-refractivity contribution is -0.0422. The van der Waals surface area contributed by atoms with Crippen LogP contribution in [0.15, 0.2) is 54.6 Å². The zero-order valence-electron chi connectivity index (χ0n) is 21.3. The maximum atomic E-state index is 2.58. The van der Waals surface area contributed by atoms with Gasteiger partial charge in [-0.05, 0) is 91.6 Å². The Labute approximate surface area is 200 Å². The van der Waals surface area contributed by atoms with Gasteiger partial charge in [0.2, 0.25) is 0 Å². The molecule has 3 nitrogen and oxygen atoms in total. The molecule has 3 aromatic carbocycles. The van der Waals surface area contributed by atoms with Gasteiger partial charge >= 0.3 is 0 Å². The van der Waals surface area contributed by atoms with E-state index in [4.69, 9.17) is 0 Å². The molecule has 0 spiro atoms. The van der Waals surface area contributed by atoms with Gasteiger partial charge in [-0.3, -0.25) is 14.7 Å². The highest BCUT2D eigenvalue weighted by Gasteiger charge is 2.24. The number of hydrogen-bond acceptors (Lipinski definition) is 3. The molecule has 0 aromatic heterocycles. The molecule has 0 aliphatic carbocycles. The summed E-state index contributed by atoms with van der Waals surface area (Å²) in [5, 5.41) is 0. The number of benzene rings is 3. The molecular formula is C30H39N3. The van der Waals surface area contributed by atoms with Crippen LogP contribution in [0.25, 0.3) is 0 Å². The van der Waals surface area contributed by atoms with E-state index < -0.39 is 0 Å². The first-order valence-electron chi connectivity index (χ1n) is 12.1. The highest BCUT2D eigenvalue weighted by molar-refractivity contribution is 5.31. The summed E-state index contributed by atoms with van der Waals surface area (Å²) in [6.45, 7) is 19.1. The van der Waals surface area contributed by atoms with Crippen molar-refractivity contribution < 1.29 is 0 Å². The number of rotatable bonds is 6. The number of aryl methyl sites for hydroxylation is 6. The minimum absolute atomic E-state index is 0.980. The average Bonchev–Trinajstić information content (AvgIpc) is 2.76. The van der Waals surface area contributed by atoms with Gasteiger partial charge in [0, 0.05) is 19.6 Å². The van der Waals surface area contributed by atoms with E-state index in [1.807, 2.05) is 0 Å². The minimum atomic E-state index is 0.980. The van der Waals surface area contributed by atoms with Crippen LogP contribution >= 0.6 is 0 Å². The molecule has 1 aliphatic rings. The third-order valence-corrected chi connectivity index (χ3v) is 7.13. The van der Waals surface area contributed by atoms with Crippen molar-refractivity contribution >= 4 is 0 Å². The van der Waals surface area contributed by atoms with Gasteiger partial charge in [-0.15, -0.1) is 0 Å². The van der Waals surface area contributed by atoms with Crippen molar-refractivity contribution in [1.29, 1.82) is 0 Å². The highest BCUT2D eigenvalue weighted by Crippen LogP contribution is 2.20. The molecule has 3 aromatic rings. The first-order chi connectivity index (χ1) is 15.8. The van der Waals surface area contributed by atoms with Crippen LogP contribution in [-0.2, 0) is 19.6 Å². The third-order valence-electron chi connectivity index (χ3n) is 7.13. The molecule has 1 saturated heterocycles. The molecule has 0 saturated carbocycles. The quantitative estimate of drug-likeness (QED) is 0.449. The van der Waals surface area contributed by atoms with Gasteiger partial charge in [0.1, 0.15) is 0 Å². The minimum Gasteiger partial charge on any atom is -0.273 e. The van der Waals surface area contributed by atoms with Crippen LogP contribution in [0.5, 0.6) is 0 Å². The van der Waals surface area contributed by atoms with Crippen LogP contribution < -0.4 is 0 Å². The predicted octanol–water partition coefficient (Wildman–Crippen LogP) is 6.23. The van der Waals surface area contributed by atoms with Gasteiger partial charge in [0.15, 0.2) is 0 Å². The summed E-state index contributed by atoms with van der Waals surface area (Å²) >= 11 is 0.